The minimum absolute atomic E-state index is 0.250. The largest absolute Gasteiger partial charge is 0.483 e. The van der Waals surface area contributed by atoms with Crippen LogP contribution in [0.5, 0.6) is 0 Å². The smallest absolute Gasteiger partial charge is 0.290 e. The van der Waals surface area contributed by atoms with Crippen LogP contribution in [0.2, 0.25) is 0 Å². The van der Waals surface area contributed by atoms with E-state index in [0.29, 0.717) is 0 Å². The van der Waals surface area contributed by atoms with Gasteiger partial charge in [0.25, 0.3) is 6.47 Å². The van der Waals surface area contributed by atoms with Crippen LogP contribution in [0.1, 0.15) is 17.5 Å². The molecule has 1 aliphatic carbocycles. The third-order valence-corrected chi connectivity index (χ3v) is 2.55. The summed E-state index contributed by atoms with van der Waals surface area (Å²) in [5.41, 5.74) is 3.08. The second-order valence-electron chi connectivity index (χ2n) is 2.87. The van der Waals surface area contributed by atoms with Crippen molar-refractivity contribution < 1.29 is 9.90 Å². The van der Waals surface area contributed by atoms with E-state index in [1.165, 1.54) is 29.3 Å². The summed E-state index contributed by atoms with van der Waals surface area (Å²) in [6.07, 6.45) is 3.89. The lowest BCUT2D eigenvalue weighted by atomic mass is 10.1. The second-order valence-corrected chi connectivity index (χ2v) is 3.79. The number of fused-ring (bicyclic) bond motifs is 1. The maximum atomic E-state index is 8.36. The Morgan fingerprint density at radius 2 is 1.92 bits per heavy atom. The molecule has 0 atom stereocenters. The van der Waals surface area contributed by atoms with E-state index < -0.39 is 0 Å². The molecule has 0 heterocycles. The van der Waals surface area contributed by atoms with E-state index in [1.807, 2.05) is 0 Å². The predicted octanol–water partition coefficient (Wildman–Crippen LogP) is 2.64. The average molecular weight is 243 g/mol. The van der Waals surface area contributed by atoms with Crippen molar-refractivity contribution in [2.75, 3.05) is 0 Å². The first-order chi connectivity index (χ1) is 6.27. The van der Waals surface area contributed by atoms with Crippen LogP contribution >= 0.6 is 15.9 Å². The molecule has 1 N–H and O–H groups in total. The minimum atomic E-state index is -0.250. The van der Waals surface area contributed by atoms with E-state index >= 15 is 0 Å². The Morgan fingerprint density at radius 1 is 1.31 bits per heavy atom. The summed E-state index contributed by atoms with van der Waals surface area (Å²) in [7, 11) is 0. The molecule has 70 valence electrons. The van der Waals surface area contributed by atoms with Gasteiger partial charge in [-0.1, -0.05) is 22.0 Å². The minimum Gasteiger partial charge on any atom is -0.483 e. The zero-order valence-corrected chi connectivity index (χ0v) is 8.75. The molecule has 2 nitrogen and oxygen atoms in total. The molecule has 0 radical (unpaired) electrons. The van der Waals surface area contributed by atoms with Crippen molar-refractivity contribution in [3.63, 3.8) is 0 Å². The summed E-state index contributed by atoms with van der Waals surface area (Å²) >= 11 is 3.46. The molecule has 1 aromatic carbocycles. The number of hydrogen-bond acceptors (Lipinski definition) is 1. The number of hydrogen-bond donors (Lipinski definition) is 1. The zero-order valence-electron chi connectivity index (χ0n) is 7.16. The molecule has 0 saturated heterocycles. The number of rotatable bonds is 0. The molecule has 3 heteroatoms. The van der Waals surface area contributed by atoms with Crippen LogP contribution < -0.4 is 0 Å². The summed E-state index contributed by atoms with van der Waals surface area (Å²) in [6, 6.07) is 6.60. The van der Waals surface area contributed by atoms with Gasteiger partial charge in [0.2, 0.25) is 0 Å². The van der Waals surface area contributed by atoms with Crippen molar-refractivity contribution >= 4 is 22.4 Å². The molecule has 1 aromatic rings. The topological polar surface area (TPSA) is 37.3 Å². The fourth-order valence-electron chi connectivity index (χ4n) is 1.54. The summed E-state index contributed by atoms with van der Waals surface area (Å²) in [5.74, 6) is 0. The molecule has 13 heavy (non-hydrogen) atoms. The monoisotopic (exact) mass is 242 g/mol. The molecular weight excluding hydrogens is 232 g/mol. The molecule has 1 aliphatic rings. The number of benzene rings is 1. The van der Waals surface area contributed by atoms with E-state index in [1.54, 1.807) is 5.56 Å². The third kappa shape index (κ3) is 2.84. The molecule has 0 fully saturated rings. The van der Waals surface area contributed by atoms with Crippen LogP contribution in [0.15, 0.2) is 22.7 Å². The van der Waals surface area contributed by atoms with Crippen LogP contribution in [0.25, 0.3) is 0 Å². The summed E-state index contributed by atoms with van der Waals surface area (Å²) in [6.45, 7) is -0.250. The van der Waals surface area contributed by atoms with Gasteiger partial charge >= 0.3 is 0 Å². The van der Waals surface area contributed by atoms with Crippen molar-refractivity contribution in [1.29, 1.82) is 0 Å². The van der Waals surface area contributed by atoms with Crippen LogP contribution in [0, 0.1) is 0 Å². The Hall–Kier alpha value is -0.830. The molecule has 0 aromatic heterocycles. The average Bonchev–Trinajstić information content (AvgIpc) is 2.52. The van der Waals surface area contributed by atoms with Gasteiger partial charge < -0.3 is 5.11 Å². The molecule has 2 rings (SSSR count). The van der Waals surface area contributed by atoms with E-state index in [9.17, 15) is 0 Å². The first kappa shape index (κ1) is 10.3. The predicted molar refractivity (Wildman–Crippen MR) is 54.9 cm³/mol. The van der Waals surface area contributed by atoms with Crippen LogP contribution in [0.4, 0.5) is 0 Å². The molecular formula is C10H11BrO2. The molecule has 0 amide bonds. The fourth-order valence-corrected chi connectivity index (χ4v) is 1.95. The van der Waals surface area contributed by atoms with Gasteiger partial charge in [-0.25, -0.2) is 0 Å². The van der Waals surface area contributed by atoms with E-state index in [0.717, 1.165) is 0 Å². The third-order valence-electron chi connectivity index (χ3n) is 2.06. The van der Waals surface area contributed by atoms with Crippen molar-refractivity contribution in [2.24, 2.45) is 0 Å². The Kier molecular flexibility index (Phi) is 3.96. The van der Waals surface area contributed by atoms with Crippen LogP contribution in [-0.2, 0) is 17.6 Å². The van der Waals surface area contributed by atoms with Gasteiger partial charge in [0.15, 0.2) is 0 Å². The lowest BCUT2D eigenvalue weighted by Crippen LogP contribution is -1.79. The first-order valence-corrected chi connectivity index (χ1v) is 4.92. The summed E-state index contributed by atoms with van der Waals surface area (Å²) in [4.78, 5) is 8.36. The SMILES string of the molecule is Brc1ccc2c(c1)CCC2.O=CO. The molecule has 0 bridgehead atoms. The second kappa shape index (κ2) is 5.02. The van der Waals surface area contributed by atoms with Crippen LogP contribution in [-0.4, -0.2) is 11.6 Å². The Morgan fingerprint density at radius 3 is 2.62 bits per heavy atom. The normalized spacial score (nSPS) is 12.7. The van der Waals surface area contributed by atoms with Crippen molar-refractivity contribution in [2.45, 2.75) is 19.3 Å². The molecule has 0 saturated carbocycles. The van der Waals surface area contributed by atoms with E-state index in [2.05, 4.69) is 34.1 Å². The van der Waals surface area contributed by atoms with E-state index in [-0.39, 0.29) is 6.47 Å². The molecule has 0 unspecified atom stereocenters. The Labute approximate surface area is 85.7 Å². The lowest BCUT2D eigenvalue weighted by molar-refractivity contribution is -0.122. The van der Waals surface area contributed by atoms with Gasteiger partial charge in [-0.15, -0.1) is 0 Å². The van der Waals surface area contributed by atoms with Gasteiger partial charge in [-0.2, -0.15) is 0 Å². The highest BCUT2D eigenvalue weighted by atomic mass is 79.9. The highest BCUT2D eigenvalue weighted by Gasteiger charge is 2.09. The van der Waals surface area contributed by atoms with Crippen LogP contribution in [0.3, 0.4) is 0 Å². The summed E-state index contributed by atoms with van der Waals surface area (Å²) in [5, 5.41) is 6.89. The molecule has 0 spiro atoms. The van der Waals surface area contributed by atoms with Gasteiger partial charge in [-0.05, 0) is 42.5 Å². The van der Waals surface area contributed by atoms with Gasteiger partial charge in [-0.3, -0.25) is 4.79 Å². The number of halogens is 1. The Bertz CT molecular complexity index is 297. The highest BCUT2D eigenvalue weighted by molar-refractivity contribution is 9.10. The van der Waals surface area contributed by atoms with Crippen molar-refractivity contribution in [3.8, 4) is 0 Å². The quantitative estimate of drug-likeness (QED) is 0.711. The van der Waals surface area contributed by atoms with E-state index in [4.69, 9.17) is 9.90 Å². The molecule has 0 aliphatic heterocycles. The number of aryl methyl sites for hydroxylation is 2. The maximum absolute atomic E-state index is 8.36. The van der Waals surface area contributed by atoms with Gasteiger partial charge in [0, 0.05) is 4.47 Å². The van der Waals surface area contributed by atoms with Gasteiger partial charge in [0.1, 0.15) is 0 Å². The van der Waals surface area contributed by atoms with Crippen molar-refractivity contribution in [1.82, 2.24) is 0 Å². The number of carboxylic acid groups (broad SMARTS) is 1. The van der Waals surface area contributed by atoms with Crippen molar-refractivity contribution in [3.05, 3.63) is 33.8 Å². The number of carbonyl (C=O) groups is 1. The zero-order chi connectivity index (χ0) is 9.68. The summed E-state index contributed by atoms with van der Waals surface area (Å²) < 4.78 is 1.22. The standard InChI is InChI=1S/C9H9Br.CH2O2/c10-9-5-4-7-2-1-3-8(7)6-9;2-1-3/h4-6H,1-3H2;1H,(H,2,3). The highest BCUT2D eigenvalue weighted by Crippen LogP contribution is 2.24. The first-order valence-electron chi connectivity index (χ1n) is 4.13. The van der Waals surface area contributed by atoms with Gasteiger partial charge in [0.05, 0.1) is 0 Å². The Balaban J connectivity index is 0.000000251. The lowest BCUT2D eigenvalue weighted by Gasteiger charge is -1.97. The fraction of sp³-hybridized carbons (Fsp3) is 0.300. The maximum Gasteiger partial charge on any atom is 0.290 e.